The fourth-order valence-electron chi connectivity index (χ4n) is 2.70. The molecule has 2 heteroatoms. The molecule has 0 atom stereocenters. The topological polar surface area (TPSA) is 18.5 Å². The van der Waals surface area contributed by atoms with E-state index in [9.17, 15) is 0 Å². The van der Waals surface area contributed by atoms with Crippen molar-refractivity contribution >= 4 is 0 Å². The van der Waals surface area contributed by atoms with Crippen LogP contribution < -0.4 is 0 Å². The van der Waals surface area contributed by atoms with Crippen molar-refractivity contribution in [3.05, 3.63) is 48.6 Å². The molecular formula is C22H36O2. The third-order valence-electron chi connectivity index (χ3n) is 4.15. The molecule has 0 spiro atoms. The monoisotopic (exact) mass is 332 g/mol. The van der Waals surface area contributed by atoms with Gasteiger partial charge in [0.15, 0.2) is 0 Å². The van der Waals surface area contributed by atoms with E-state index in [0.717, 1.165) is 51.7 Å². The van der Waals surface area contributed by atoms with Crippen LogP contribution >= 0.6 is 0 Å². The Kier molecular flexibility index (Phi) is 13.4. The van der Waals surface area contributed by atoms with Crippen LogP contribution in [0, 0.1) is 0 Å². The largest absolute Gasteiger partial charge is 0.374 e. The minimum absolute atomic E-state index is 0.404. The highest BCUT2D eigenvalue weighted by Gasteiger charge is 2.21. The molecule has 0 unspecified atom stereocenters. The van der Waals surface area contributed by atoms with Crippen LogP contribution in [0.4, 0.5) is 0 Å². The van der Waals surface area contributed by atoms with Crippen molar-refractivity contribution in [1.82, 2.24) is 0 Å². The molecule has 136 valence electrons. The standard InChI is InChI=1S/C22H36O2/c1-3-5-7-9-11-13-19-23-21-15-17-22(18-16-21)24-20-14-12-10-8-6-4-2/h7-14,21-22H,3-6,15-20H2,1-2H3/t21-,22-. The lowest BCUT2D eigenvalue weighted by atomic mass is 9.95. The number of rotatable bonds is 12. The summed E-state index contributed by atoms with van der Waals surface area (Å²) in [6, 6.07) is 0. The summed E-state index contributed by atoms with van der Waals surface area (Å²) in [5.41, 5.74) is 0. The van der Waals surface area contributed by atoms with E-state index in [1.807, 2.05) is 0 Å². The van der Waals surface area contributed by atoms with Crippen LogP contribution in [0.2, 0.25) is 0 Å². The minimum Gasteiger partial charge on any atom is -0.374 e. The van der Waals surface area contributed by atoms with Gasteiger partial charge in [-0.3, -0.25) is 0 Å². The van der Waals surface area contributed by atoms with Crippen LogP contribution in [-0.2, 0) is 9.47 Å². The Hall–Kier alpha value is -1.12. The summed E-state index contributed by atoms with van der Waals surface area (Å²) in [5, 5.41) is 0. The van der Waals surface area contributed by atoms with Gasteiger partial charge in [-0.05, 0) is 38.5 Å². The van der Waals surface area contributed by atoms with E-state index in [1.54, 1.807) is 0 Å². The first-order valence-corrected chi connectivity index (χ1v) is 9.73. The molecule has 0 heterocycles. The van der Waals surface area contributed by atoms with Crippen LogP contribution in [0.15, 0.2) is 48.6 Å². The second-order valence-corrected chi connectivity index (χ2v) is 6.36. The highest BCUT2D eigenvalue weighted by molar-refractivity contribution is 5.03. The molecule has 0 saturated heterocycles. The smallest absolute Gasteiger partial charge is 0.0654 e. The summed E-state index contributed by atoms with van der Waals surface area (Å²) in [6.07, 6.45) is 27.0. The normalized spacial score (nSPS) is 22.6. The number of unbranched alkanes of at least 4 members (excludes halogenated alkanes) is 2. The maximum absolute atomic E-state index is 5.92. The van der Waals surface area contributed by atoms with Gasteiger partial charge in [0, 0.05) is 0 Å². The van der Waals surface area contributed by atoms with Crippen molar-refractivity contribution in [2.75, 3.05) is 13.2 Å². The van der Waals surface area contributed by atoms with Crippen LogP contribution in [-0.4, -0.2) is 25.4 Å². The first-order chi connectivity index (χ1) is 11.9. The highest BCUT2D eigenvalue weighted by Crippen LogP contribution is 2.23. The molecule has 0 radical (unpaired) electrons. The molecule has 1 saturated carbocycles. The molecule has 1 aliphatic carbocycles. The summed E-state index contributed by atoms with van der Waals surface area (Å²) >= 11 is 0. The van der Waals surface area contributed by atoms with Crippen molar-refractivity contribution in [3.8, 4) is 0 Å². The van der Waals surface area contributed by atoms with Gasteiger partial charge in [0.2, 0.25) is 0 Å². The zero-order chi connectivity index (χ0) is 17.3. The first kappa shape index (κ1) is 20.9. The maximum Gasteiger partial charge on any atom is 0.0654 e. The molecule has 1 aliphatic rings. The molecule has 0 bridgehead atoms. The van der Waals surface area contributed by atoms with Crippen molar-refractivity contribution in [1.29, 1.82) is 0 Å². The quantitative estimate of drug-likeness (QED) is 0.399. The van der Waals surface area contributed by atoms with Gasteiger partial charge in [-0.25, -0.2) is 0 Å². The van der Waals surface area contributed by atoms with Gasteiger partial charge in [-0.1, -0.05) is 75.3 Å². The second-order valence-electron chi connectivity index (χ2n) is 6.36. The Balaban J connectivity index is 2.03. The van der Waals surface area contributed by atoms with E-state index in [1.165, 1.54) is 12.8 Å². The van der Waals surface area contributed by atoms with Gasteiger partial charge in [-0.15, -0.1) is 0 Å². The SMILES string of the molecule is CCCC=CC=CCO[C@H]1CC[C@H](OCC=CC=CCCC)CC1. The number of allylic oxidation sites excluding steroid dienone is 6. The van der Waals surface area contributed by atoms with Crippen molar-refractivity contribution in [2.45, 2.75) is 77.4 Å². The molecule has 1 fully saturated rings. The fraction of sp³-hybridized carbons (Fsp3) is 0.636. The Bertz CT molecular complexity index is 347. The third-order valence-corrected chi connectivity index (χ3v) is 4.15. The van der Waals surface area contributed by atoms with E-state index in [-0.39, 0.29) is 0 Å². The van der Waals surface area contributed by atoms with E-state index >= 15 is 0 Å². The first-order valence-electron chi connectivity index (χ1n) is 9.73. The molecule has 0 aliphatic heterocycles. The maximum atomic E-state index is 5.92. The average molecular weight is 333 g/mol. The Morgan fingerprint density at radius 2 is 1.00 bits per heavy atom. The fourth-order valence-corrected chi connectivity index (χ4v) is 2.70. The predicted octanol–water partition coefficient (Wildman–Crippen LogP) is 6.16. The minimum atomic E-state index is 0.404. The summed E-state index contributed by atoms with van der Waals surface area (Å²) in [5.74, 6) is 0. The molecule has 0 aromatic carbocycles. The Labute approximate surface area is 149 Å². The highest BCUT2D eigenvalue weighted by atomic mass is 16.5. The van der Waals surface area contributed by atoms with Gasteiger partial charge in [0.05, 0.1) is 25.4 Å². The number of ether oxygens (including phenoxy) is 2. The van der Waals surface area contributed by atoms with Crippen molar-refractivity contribution in [3.63, 3.8) is 0 Å². The van der Waals surface area contributed by atoms with Crippen LogP contribution in [0.25, 0.3) is 0 Å². The number of hydrogen-bond donors (Lipinski definition) is 0. The van der Waals surface area contributed by atoms with Gasteiger partial charge in [-0.2, -0.15) is 0 Å². The van der Waals surface area contributed by atoms with Crippen LogP contribution in [0.3, 0.4) is 0 Å². The molecule has 0 amide bonds. The Morgan fingerprint density at radius 1 is 0.625 bits per heavy atom. The molecule has 24 heavy (non-hydrogen) atoms. The van der Waals surface area contributed by atoms with E-state index in [4.69, 9.17) is 9.47 Å². The molecule has 0 aromatic heterocycles. The van der Waals surface area contributed by atoms with E-state index in [0.29, 0.717) is 12.2 Å². The van der Waals surface area contributed by atoms with Crippen LogP contribution in [0.5, 0.6) is 0 Å². The molecule has 0 N–H and O–H groups in total. The van der Waals surface area contributed by atoms with Crippen molar-refractivity contribution in [2.24, 2.45) is 0 Å². The average Bonchev–Trinajstić information content (AvgIpc) is 2.61. The lowest BCUT2D eigenvalue weighted by Gasteiger charge is -2.28. The van der Waals surface area contributed by atoms with Crippen LogP contribution in [0.1, 0.15) is 65.2 Å². The van der Waals surface area contributed by atoms with Crippen molar-refractivity contribution < 1.29 is 9.47 Å². The summed E-state index contributed by atoms with van der Waals surface area (Å²) in [7, 11) is 0. The second kappa shape index (κ2) is 15.4. The summed E-state index contributed by atoms with van der Waals surface area (Å²) in [6.45, 7) is 5.83. The summed E-state index contributed by atoms with van der Waals surface area (Å²) < 4.78 is 11.8. The Morgan fingerprint density at radius 3 is 1.38 bits per heavy atom. The van der Waals surface area contributed by atoms with Gasteiger partial charge < -0.3 is 9.47 Å². The molecule has 2 nitrogen and oxygen atoms in total. The lowest BCUT2D eigenvalue weighted by Crippen LogP contribution is -2.26. The van der Waals surface area contributed by atoms with E-state index in [2.05, 4.69) is 62.5 Å². The third kappa shape index (κ3) is 11.4. The molecule has 1 rings (SSSR count). The lowest BCUT2D eigenvalue weighted by molar-refractivity contribution is -0.0163. The van der Waals surface area contributed by atoms with E-state index < -0.39 is 0 Å². The zero-order valence-electron chi connectivity index (χ0n) is 15.7. The summed E-state index contributed by atoms with van der Waals surface area (Å²) in [4.78, 5) is 0. The zero-order valence-corrected chi connectivity index (χ0v) is 15.7. The molecular weight excluding hydrogens is 296 g/mol. The predicted molar refractivity (Wildman–Crippen MR) is 104 cm³/mol. The van der Waals surface area contributed by atoms with Gasteiger partial charge >= 0.3 is 0 Å². The molecule has 0 aromatic rings. The van der Waals surface area contributed by atoms with Gasteiger partial charge in [0.1, 0.15) is 0 Å². The van der Waals surface area contributed by atoms with Gasteiger partial charge in [0.25, 0.3) is 0 Å². The number of hydrogen-bond acceptors (Lipinski definition) is 2.